The third kappa shape index (κ3) is 5.50. The second kappa shape index (κ2) is 11.5. The van der Waals surface area contributed by atoms with Crippen LogP contribution in [0.1, 0.15) is 23.3 Å². The van der Waals surface area contributed by atoms with Crippen LogP contribution < -0.4 is 10.1 Å². The topological polar surface area (TPSA) is 141 Å². The zero-order chi connectivity index (χ0) is 30.1. The number of rotatable bonds is 7. The van der Waals surface area contributed by atoms with Crippen LogP contribution in [0.5, 0.6) is 5.75 Å². The third-order valence-corrected chi connectivity index (χ3v) is 7.50. The van der Waals surface area contributed by atoms with Crippen molar-refractivity contribution in [3.8, 4) is 28.5 Å². The number of anilines is 1. The lowest BCUT2D eigenvalue weighted by Crippen LogP contribution is -2.43. The van der Waals surface area contributed by atoms with E-state index in [4.69, 9.17) is 20.8 Å². The van der Waals surface area contributed by atoms with Crippen LogP contribution >= 0.6 is 11.6 Å². The van der Waals surface area contributed by atoms with Crippen LogP contribution in [0.2, 0.25) is 5.15 Å². The molecular weight excluding hydrogens is 574 g/mol. The Hall–Kier alpha value is -5.29. The Labute approximate surface area is 250 Å². The van der Waals surface area contributed by atoms with Crippen LogP contribution in [0.15, 0.2) is 83.4 Å². The molecule has 1 atom stereocenters. The standard InChI is InChI=1S/C31H24ClN5O6/c1-42-25-6-2-4-22-23(25)16-27(32)35-28(22)31(39)36-15-3-5-24(36)29(38)34-20-11-7-18(8-12-20)26-17-33-30(43-26)19-9-13-21(14-10-19)37(40)41/h2,4,6-14,16-17,24H,3,5,15H2,1H3,(H,34,38)/t24-/m0/s1. The molecule has 2 amide bonds. The summed E-state index contributed by atoms with van der Waals surface area (Å²) in [4.78, 5) is 47.6. The molecule has 0 unspecified atom stereocenters. The number of aromatic nitrogens is 2. The van der Waals surface area contributed by atoms with Crippen LogP contribution in [-0.4, -0.2) is 51.3 Å². The molecule has 216 valence electrons. The molecule has 1 saturated heterocycles. The number of amides is 2. The zero-order valence-corrected chi connectivity index (χ0v) is 23.6. The van der Waals surface area contributed by atoms with Gasteiger partial charge >= 0.3 is 0 Å². The molecule has 11 nitrogen and oxygen atoms in total. The van der Waals surface area contributed by atoms with Crippen molar-refractivity contribution in [2.45, 2.75) is 18.9 Å². The molecule has 0 spiro atoms. The van der Waals surface area contributed by atoms with Crippen molar-refractivity contribution < 1.29 is 23.7 Å². The summed E-state index contributed by atoms with van der Waals surface area (Å²) in [7, 11) is 1.54. The number of carbonyl (C=O) groups is 2. The highest BCUT2D eigenvalue weighted by Crippen LogP contribution is 2.32. The predicted molar refractivity (Wildman–Crippen MR) is 160 cm³/mol. The molecule has 0 bridgehead atoms. The maximum atomic E-state index is 13.7. The van der Waals surface area contributed by atoms with Gasteiger partial charge in [-0.1, -0.05) is 23.7 Å². The van der Waals surface area contributed by atoms with E-state index in [1.54, 1.807) is 74.0 Å². The average Bonchev–Trinajstić information content (AvgIpc) is 3.71. The highest BCUT2D eigenvalue weighted by molar-refractivity contribution is 6.30. The van der Waals surface area contributed by atoms with Crippen molar-refractivity contribution >= 4 is 45.6 Å². The normalized spacial score (nSPS) is 14.6. The molecule has 1 aliphatic heterocycles. The van der Waals surface area contributed by atoms with Gasteiger partial charge in [-0.2, -0.15) is 0 Å². The SMILES string of the molecule is COc1cccc2c(C(=O)N3CCC[C@H]3C(=O)Nc3ccc(-c4cnc(-c5ccc([N+](=O)[O-])cc5)o4)cc3)nc(Cl)cc12. The molecule has 6 rings (SSSR count). The Morgan fingerprint density at radius 2 is 1.81 bits per heavy atom. The van der Waals surface area contributed by atoms with Crippen molar-refractivity contribution in [2.75, 3.05) is 19.0 Å². The molecule has 0 radical (unpaired) electrons. The number of nitrogens with zero attached hydrogens (tertiary/aromatic N) is 4. The lowest BCUT2D eigenvalue weighted by atomic mass is 10.1. The number of carbonyl (C=O) groups excluding carboxylic acids is 2. The molecule has 43 heavy (non-hydrogen) atoms. The molecule has 0 saturated carbocycles. The molecule has 1 aliphatic rings. The molecule has 2 aromatic heterocycles. The number of benzene rings is 3. The summed E-state index contributed by atoms with van der Waals surface area (Å²) in [6.45, 7) is 0.415. The number of ether oxygens (including phenoxy) is 1. The fourth-order valence-corrected chi connectivity index (χ4v) is 5.38. The smallest absolute Gasteiger partial charge is 0.273 e. The van der Waals surface area contributed by atoms with E-state index < -0.39 is 11.0 Å². The van der Waals surface area contributed by atoms with Gasteiger partial charge in [-0.05, 0) is 61.4 Å². The van der Waals surface area contributed by atoms with Crippen molar-refractivity contribution in [3.05, 3.63) is 100.0 Å². The number of oxazole rings is 1. The summed E-state index contributed by atoms with van der Waals surface area (Å²) < 4.78 is 11.3. The van der Waals surface area contributed by atoms with Gasteiger partial charge in [0.25, 0.3) is 11.6 Å². The number of likely N-dealkylation sites (tertiary alicyclic amines) is 1. The highest BCUT2D eigenvalue weighted by atomic mass is 35.5. The summed E-state index contributed by atoms with van der Waals surface area (Å²) in [5, 5.41) is 15.2. The van der Waals surface area contributed by atoms with Gasteiger partial charge in [-0.15, -0.1) is 0 Å². The molecule has 5 aromatic rings. The fourth-order valence-electron chi connectivity index (χ4n) is 5.19. The Morgan fingerprint density at radius 3 is 2.53 bits per heavy atom. The van der Waals surface area contributed by atoms with Crippen LogP contribution in [0.3, 0.4) is 0 Å². The number of nitrogens with one attached hydrogen (secondary N) is 1. The molecule has 3 aromatic carbocycles. The Bertz CT molecular complexity index is 1860. The van der Waals surface area contributed by atoms with Gasteiger partial charge in [0.1, 0.15) is 22.6 Å². The van der Waals surface area contributed by atoms with Crippen molar-refractivity contribution in [1.82, 2.24) is 14.9 Å². The van der Waals surface area contributed by atoms with Gasteiger partial charge in [-0.25, -0.2) is 9.97 Å². The number of hydrogen-bond acceptors (Lipinski definition) is 8. The van der Waals surface area contributed by atoms with Crippen molar-refractivity contribution in [1.29, 1.82) is 0 Å². The number of hydrogen-bond donors (Lipinski definition) is 1. The molecule has 0 aliphatic carbocycles. The summed E-state index contributed by atoms with van der Waals surface area (Å²) in [5.74, 6) is 0.721. The number of pyridine rings is 1. The third-order valence-electron chi connectivity index (χ3n) is 7.31. The van der Waals surface area contributed by atoms with Gasteiger partial charge < -0.3 is 19.4 Å². The minimum atomic E-state index is -0.674. The average molecular weight is 598 g/mol. The molecule has 1 N–H and O–H groups in total. The van der Waals surface area contributed by atoms with Gasteiger partial charge in [0.2, 0.25) is 11.8 Å². The van der Waals surface area contributed by atoms with E-state index >= 15 is 0 Å². The first-order chi connectivity index (χ1) is 20.8. The van der Waals surface area contributed by atoms with E-state index in [2.05, 4.69) is 15.3 Å². The summed E-state index contributed by atoms with van der Waals surface area (Å²) in [6, 6.07) is 19.3. The van der Waals surface area contributed by atoms with Crippen LogP contribution in [0.25, 0.3) is 33.6 Å². The number of nitro benzene ring substituents is 1. The van der Waals surface area contributed by atoms with E-state index in [-0.39, 0.29) is 28.3 Å². The van der Waals surface area contributed by atoms with Gasteiger partial charge in [0.05, 0.1) is 18.2 Å². The van der Waals surface area contributed by atoms with Crippen molar-refractivity contribution in [3.63, 3.8) is 0 Å². The first-order valence-electron chi connectivity index (χ1n) is 13.4. The number of nitro groups is 1. The van der Waals surface area contributed by atoms with Gasteiger partial charge in [-0.3, -0.25) is 19.7 Å². The summed E-state index contributed by atoms with van der Waals surface area (Å²) in [6.07, 6.45) is 2.75. The molecule has 1 fully saturated rings. The van der Waals surface area contributed by atoms with Crippen LogP contribution in [-0.2, 0) is 4.79 Å². The second-order valence-electron chi connectivity index (χ2n) is 9.91. The predicted octanol–water partition coefficient (Wildman–Crippen LogP) is 6.37. The van der Waals surface area contributed by atoms with Gasteiger partial charge in [0, 0.05) is 46.3 Å². The number of halogens is 1. The Kier molecular flexibility index (Phi) is 7.47. The van der Waals surface area contributed by atoms with E-state index in [9.17, 15) is 19.7 Å². The number of fused-ring (bicyclic) bond motifs is 1. The monoisotopic (exact) mass is 597 g/mol. The first kappa shape index (κ1) is 27.9. The molecule has 3 heterocycles. The summed E-state index contributed by atoms with van der Waals surface area (Å²) >= 11 is 6.27. The molecule has 12 heteroatoms. The lowest BCUT2D eigenvalue weighted by molar-refractivity contribution is -0.384. The first-order valence-corrected chi connectivity index (χ1v) is 13.8. The van der Waals surface area contributed by atoms with E-state index in [1.807, 2.05) is 0 Å². The van der Waals surface area contributed by atoms with E-state index in [1.165, 1.54) is 17.0 Å². The lowest BCUT2D eigenvalue weighted by Gasteiger charge is -2.24. The number of non-ortho nitro benzene ring substituents is 1. The van der Waals surface area contributed by atoms with E-state index in [0.29, 0.717) is 58.8 Å². The zero-order valence-electron chi connectivity index (χ0n) is 22.8. The van der Waals surface area contributed by atoms with Gasteiger partial charge in [0.15, 0.2) is 5.76 Å². The largest absolute Gasteiger partial charge is 0.496 e. The second-order valence-corrected chi connectivity index (χ2v) is 10.3. The maximum Gasteiger partial charge on any atom is 0.273 e. The van der Waals surface area contributed by atoms with Crippen LogP contribution in [0.4, 0.5) is 11.4 Å². The minimum absolute atomic E-state index is 0.0199. The van der Waals surface area contributed by atoms with Crippen LogP contribution in [0, 0.1) is 10.1 Å². The molecular formula is C31H24ClN5O6. The Balaban J connectivity index is 1.16. The van der Waals surface area contributed by atoms with Crippen molar-refractivity contribution in [2.24, 2.45) is 0 Å². The maximum absolute atomic E-state index is 13.7. The highest BCUT2D eigenvalue weighted by Gasteiger charge is 2.36. The fraction of sp³-hybridized carbons (Fsp3) is 0.161. The quantitative estimate of drug-likeness (QED) is 0.130. The Morgan fingerprint density at radius 1 is 1.07 bits per heavy atom. The number of methoxy groups -OCH3 is 1. The minimum Gasteiger partial charge on any atom is -0.496 e. The van der Waals surface area contributed by atoms with E-state index in [0.717, 1.165) is 5.56 Å². The summed E-state index contributed by atoms with van der Waals surface area (Å²) in [5.41, 5.74) is 2.04.